The first-order chi connectivity index (χ1) is 12.8. The topological polar surface area (TPSA) is 71.3 Å². The van der Waals surface area contributed by atoms with Crippen molar-refractivity contribution in [2.75, 3.05) is 5.32 Å². The van der Waals surface area contributed by atoms with Crippen molar-refractivity contribution in [2.45, 2.75) is 26.8 Å². The fraction of sp³-hybridized carbons (Fsp3) is 0.200. The zero-order chi connectivity index (χ0) is 19.7. The number of halogens is 2. The predicted molar refractivity (Wildman–Crippen MR) is 111 cm³/mol. The Kier molecular flexibility index (Phi) is 5.58. The fourth-order valence-corrected chi connectivity index (χ4v) is 3.22. The molecule has 0 fully saturated rings. The van der Waals surface area contributed by atoms with E-state index in [1.807, 2.05) is 32.9 Å². The fourth-order valence-electron chi connectivity index (χ4n) is 2.70. The van der Waals surface area contributed by atoms with Gasteiger partial charge in [-0.2, -0.15) is 0 Å². The summed E-state index contributed by atoms with van der Waals surface area (Å²) in [6, 6.07) is 10.3. The molecule has 0 aliphatic heterocycles. The molecule has 0 spiro atoms. The Morgan fingerprint density at radius 2 is 1.85 bits per heavy atom. The molecule has 7 heteroatoms. The molecule has 3 rings (SSSR count). The summed E-state index contributed by atoms with van der Waals surface area (Å²) in [6.07, 6.45) is 0. The molecule has 1 heterocycles. The van der Waals surface area contributed by atoms with Crippen LogP contribution in [0.1, 0.15) is 40.3 Å². The van der Waals surface area contributed by atoms with E-state index in [1.165, 1.54) is 0 Å². The maximum absolute atomic E-state index is 12.7. The van der Waals surface area contributed by atoms with Gasteiger partial charge in [0, 0.05) is 27.0 Å². The van der Waals surface area contributed by atoms with Crippen LogP contribution in [0.5, 0.6) is 0 Å². The summed E-state index contributed by atoms with van der Waals surface area (Å²) >= 11 is 9.61. The SMILES string of the molecule is Cc1c(C(=O)Nc2cc(C(=O)NC(C)C)ccc2Cl)oc2ccc(Br)cc12. The van der Waals surface area contributed by atoms with Gasteiger partial charge in [-0.1, -0.05) is 27.5 Å². The lowest BCUT2D eigenvalue weighted by Crippen LogP contribution is -2.30. The number of benzene rings is 2. The van der Waals surface area contributed by atoms with Crippen LogP contribution < -0.4 is 10.6 Å². The third kappa shape index (κ3) is 4.17. The van der Waals surface area contributed by atoms with Gasteiger partial charge in [-0.15, -0.1) is 0 Å². The molecule has 3 aromatic rings. The van der Waals surface area contributed by atoms with E-state index in [4.69, 9.17) is 16.0 Å². The second kappa shape index (κ2) is 7.74. The third-order valence-corrected chi connectivity index (χ3v) is 4.82. The maximum atomic E-state index is 12.7. The first-order valence-corrected chi connectivity index (χ1v) is 9.53. The average Bonchev–Trinajstić information content (AvgIpc) is 2.92. The van der Waals surface area contributed by atoms with Crippen molar-refractivity contribution in [3.63, 3.8) is 0 Å². The summed E-state index contributed by atoms with van der Waals surface area (Å²) in [4.78, 5) is 24.9. The zero-order valence-electron chi connectivity index (χ0n) is 15.0. The summed E-state index contributed by atoms with van der Waals surface area (Å²) in [7, 11) is 0. The van der Waals surface area contributed by atoms with Crippen LogP contribution in [-0.2, 0) is 0 Å². The first kappa shape index (κ1) is 19.5. The Morgan fingerprint density at radius 1 is 1.11 bits per heavy atom. The van der Waals surface area contributed by atoms with Gasteiger partial charge in [-0.25, -0.2) is 0 Å². The van der Waals surface area contributed by atoms with Gasteiger partial charge in [0.05, 0.1) is 10.7 Å². The number of rotatable bonds is 4. The van der Waals surface area contributed by atoms with Crippen LogP contribution in [0, 0.1) is 6.92 Å². The molecular weight excluding hydrogens is 432 g/mol. The van der Waals surface area contributed by atoms with Crippen molar-refractivity contribution in [1.29, 1.82) is 0 Å². The molecule has 0 saturated heterocycles. The minimum atomic E-state index is -0.428. The third-order valence-electron chi connectivity index (χ3n) is 4.00. The molecule has 2 N–H and O–H groups in total. The molecule has 0 unspecified atom stereocenters. The van der Waals surface area contributed by atoms with Gasteiger partial charge in [0.15, 0.2) is 5.76 Å². The summed E-state index contributed by atoms with van der Waals surface area (Å²) < 4.78 is 6.60. The lowest BCUT2D eigenvalue weighted by molar-refractivity contribution is 0.0941. The molecule has 2 amide bonds. The van der Waals surface area contributed by atoms with Gasteiger partial charge in [0.2, 0.25) is 0 Å². The number of amides is 2. The highest BCUT2D eigenvalue weighted by molar-refractivity contribution is 9.10. The number of aryl methyl sites for hydroxylation is 1. The van der Waals surface area contributed by atoms with Crippen LogP contribution in [0.4, 0.5) is 5.69 Å². The zero-order valence-corrected chi connectivity index (χ0v) is 17.4. The molecule has 0 aliphatic carbocycles. The molecule has 0 aliphatic rings. The van der Waals surface area contributed by atoms with Gasteiger partial charge in [-0.3, -0.25) is 9.59 Å². The molecule has 0 saturated carbocycles. The van der Waals surface area contributed by atoms with E-state index in [2.05, 4.69) is 26.6 Å². The van der Waals surface area contributed by atoms with Crippen molar-refractivity contribution in [3.8, 4) is 0 Å². The number of hydrogen-bond acceptors (Lipinski definition) is 3. The molecule has 1 aromatic heterocycles. The van der Waals surface area contributed by atoms with Gasteiger partial charge in [-0.05, 0) is 57.2 Å². The lowest BCUT2D eigenvalue weighted by Gasteiger charge is -2.11. The maximum Gasteiger partial charge on any atom is 0.291 e. The number of anilines is 1. The molecule has 2 aromatic carbocycles. The Bertz CT molecular complexity index is 1040. The van der Waals surface area contributed by atoms with Gasteiger partial charge < -0.3 is 15.1 Å². The monoisotopic (exact) mass is 448 g/mol. The van der Waals surface area contributed by atoms with Crippen LogP contribution in [0.25, 0.3) is 11.0 Å². The highest BCUT2D eigenvalue weighted by Gasteiger charge is 2.19. The highest BCUT2D eigenvalue weighted by Crippen LogP contribution is 2.30. The quantitative estimate of drug-likeness (QED) is 0.549. The molecule has 0 radical (unpaired) electrons. The number of fused-ring (bicyclic) bond motifs is 1. The van der Waals surface area contributed by atoms with E-state index < -0.39 is 5.91 Å². The van der Waals surface area contributed by atoms with Gasteiger partial charge in [0.25, 0.3) is 11.8 Å². The standard InChI is InChI=1S/C20H18BrClN2O3/c1-10(2)23-19(25)12-4-6-15(22)16(8-12)24-20(26)18-11(3)14-9-13(21)5-7-17(14)27-18/h4-10H,1-3H3,(H,23,25)(H,24,26). The number of carbonyl (C=O) groups excluding carboxylic acids is 2. The van der Waals surface area contributed by atoms with E-state index in [0.717, 1.165) is 15.4 Å². The predicted octanol–water partition coefficient (Wildman–Crippen LogP) is 5.55. The van der Waals surface area contributed by atoms with Crippen LogP contribution in [0.2, 0.25) is 5.02 Å². The minimum absolute atomic E-state index is 0.00346. The number of nitrogens with one attached hydrogen (secondary N) is 2. The van der Waals surface area contributed by atoms with Gasteiger partial charge in [0.1, 0.15) is 5.58 Å². The molecule has 140 valence electrons. The average molecular weight is 450 g/mol. The van der Waals surface area contributed by atoms with Gasteiger partial charge >= 0.3 is 0 Å². The number of hydrogen-bond donors (Lipinski definition) is 2. The smallest absolute Gasteiger partial charge is 0.291 e. The van der Waals surface area contributed by atoms with Crippen LogP contribution in [0.3, 0.4) is 0 Å². The second-order valence-electron chi connectivity index (χ2n) is 6.47. The van der Waals surface area contributed by atoms with Crippen LogP contribution in [-0.4, -0.2) is 17.9 Å². The van der Waals surface area contributed by atoms with Crippen LogP contribution >= 0.6 is 27.5 Å². The Labute approximate surface area is 170 Å². The largest absolute Gasteiger partial charge is 0.451 e. The Morgan fingerprint density at radius 3 is 2.56 bits per heavy atom. The normalized spacial score (nSPS) is 11.0. The summed E-state index contributed by atoms with van der Waals surface area (Å²) in [5.74, 6) is -0.457. The molecular formula is C20H18BrClN2O3. The number of furan rings is 1. The Balaban J connectivity index is 1.90. The van der Waals surface area contributed by atoms with E-state index >= 15 is 0 Å². The first-order valence-electron chi connectivity index (χ1n) is 8.36. The summed E-state index contributed by atoms with van der Waals surface area (Å²) in [6.45, 7) is 5.57. The molecule has 0 atom stereocenters. The van der Waals surface area contributed by atoms with Crippen molar-refractivity contribution in [2.24, 2.45) is 0 Å². The van der Waals surface area contributed by atoms with E-state index in [-0.39, 0.29) is 17.7 Å². The second-order valence-corrected chi connectivity index (χ2v) is 7.80. The van der Waals surface area contributed by atoms with Crippen molar-refractivity contribution in [3.05, 3.63) is 62.8 Å². The highest BCUT2D eigenvalue weighted by atomic mass is 79.9. The number of carbonyl (C=O) groups is 2. The van der Waals surface area contributed by atoms with Crippen molar-refractivity contribution in [1.82, 2.24) is 5.32 Å². The van der Waals surface area contributed by atoms with Crippen molar-refractivity contribution < 1.29 is 14.0 Å². The van der Waals surface area contributed by atoms with E-state index in [0.29, 0.717) is 21.9 Å². The Hall–Kier alpha value is -2.31. The molecule has 5 nitrogen and oxygen atoms in total. The lowest BCUT2D eigenvalue weighted by atomic mass is 10.1. The van der Waals surface area contributed by atoms with E-state index in [1.54, 1.807) is 24.3 Å². The minimum Gasteiger partial charge on any atom is -0.451 e. The molecule has 27 heavy (non-hydrogen) atoms. The summed E-state index contributed by atoms with van der Waals surface area (Å²) in [5.41, 5.74) is 2.11. The van der Waals surface area contributed by atoms with Crippen LogP contribution in [0.15, 0.2) is 45.3 Å². The molecule has 0 bridgehead atoms. The van der Waals surface area contributed by atoms with E-state index in [9.17, 15) is 9.59 Å². The van der Waals surface area contributed by atoms with Crippen molar-refractivity contribution >= 4 is 56.0 Å². The summed E-state index contributed by atoms with van der Waals surface area (Å²) in [5, 5.41) is 6.73.